The van der Waals surface area contributed by atoms with Crippen molar-refractivity contribution in [1.82, 2.24) is 0 Å². The summed E-state index contributed by atoms with van der Waals surface area (Å²) in [6.45, 7) is 4.57. The van der Waals surface area contributed by atoms with Crippen LogP contribution in [-0.4, -0.2) is 18.4 Å². The lowest BCUT2D eigenvalue weighted by molar-refractivity contribution is -0.117. The van der Waals surface area contributed by atoms with Crippen molar-refractivity contribution in [2.75, 3.05) is 11.4 Å². The molecule has 4 nitrogen and oxygen atoms in total. The van der Waals surface area contributed by atoms with Gasteiger partial charge >= 0.3 is 5.97 Å². The van der Waals surface area contributed by atoms with Gasteiger partial charge < -0.3 is 9.64 Å². The van der Waals surface area contributed by atoms with Crippen molar-refractivity contribution in [3.63, 3.8) is 0 Å². The molecule has 0 unspecified atom stereocenters. The minimum absolute atomic E-state index is 0.135. The van der Waals surface area contributed by atoms with Gasteiger partial charge in [0.15, 0.2) is 0 Å². The third-order valence-corrected chi connectivity index (χ3v) is 4.09. The normalized spacial score (nSPS) is 14.2. The van der Waals surface area contributed by atoms with Crippen molar-refractivity contribution in [3.8, 4) is 5.75 Å². The van der Waals surface area contributed by atoms with Crippen LogP contribution in [0.1, 0.15) is 34.3 Å². The van der Waals surface area contributed by atoms with Crippen LogP contribution < -0.4 is 9.64 Å². The van der Waals surface area contributed by atoms with Crippen molar-refractivity contribution < 1.29 is 14.3 Å². The monoisotopic (exact) mass is 309 g/mol. The largest absolute Gasteiger partial charge is 0.422 e. The number of carbonyl (C=O) groups is 2. The molecular weight excluding hydrogens is 290 g/mol. The van der Waals surface area contributed by atoms with Crippen LogP contribution in [0.25, 0.3) is 0 Å². The number of carbonyl (C=O) groups excluding carboxylic acids is 2. The Hall–Kier alpha value is -2.62. The van der Waals surface area contributed by atoms with Gasteiger partial charge in [0.25, 0.3) is 0 Å². The van der Waals surface area contributed by atoms with E-state index in [1.165, 1.54) is 0 Å². The number of hydrogen-bond acceptors (Lipinski definition) is 3. The molecule has 0 radical (unpaired) electrons. The molecule has 23 heavy (non-hydrogen) atoms. The summed E-state index contributed by atoms with van der Waals surface area (Å²) in [6.07, 6.45) is 1.48. The quantitative estimate of drug-likeness (QED) is 0.642. The fraction of sp³-hybridized carbons (Fsp3) is 0.263. The number of hydrogen-bond donors (Lipinski definition) is 0. The van der Waals surface area contributed by atoms with Gasteiger partial charge in [-0.1, -0.05) is 18.2 Å². The van der Waals surface area contributed by atoms with Crippen molar-refractivity contribution >= 4 is 17.6 Å². The van der Waals surface area contributed by atoms with E-state index in [0.29, 0.717) is 17.7 Å². The molecule has 3 rings (SSSR count). The molecule has 1 aliphatic rings. The van der Waals surface area contributed by atoms with E-state index < -0.39 is 0 Å². The summed E-state index contributed by atoms with van der Waals surface area (Å²) in [7, 11) is 0. The van der Waals surface area contributed by atoms with Crippen molar-refractivity contribution in [3.05, 3.63) is 59.2 Å². The summed E-state index contributed by atoms with van der Waals surface area (Å²) in [5, 5.41) is 0. The number of ether oxygens (including phenoxy) is 1. The molecule has 1 saturated heterocycles. The van der Waals surface area contributed by atoms with E-state index in [4.69, 9.17) is 4.74 Å². The smallest absolute Gasteiger partial charge is 0.343 e. The fourth-order valence-corrected chi connectivity index (χ4v) is 2.81. The van der Waals surface area contributed by atoms with Gasteiger partial charge in [-0.05, 0) is 55.7 Å². The summed E-state index contributed by atoms with van der Waals surface area (Å²) < 4.78 is 5.53. The summed E-state index contributed by atoms with van der Waals surface area (Å²) in [5.74, 6) is 0.355. The zero-order valence-corrected chi connectivity index (χ0v) is 13.3. The third-order valence-electron chi connectivity index (χ3n) is 4.09. The Morgan fingerprint density at radius 1 is 1.04 bits per heavy atom. The van der Waals surface area contributed by atoms with Crippen LogP contribution in [0.4, 0.5) is 5.69 Å². The minimum atomic E-state index is -0.387. The number of aryl methyl sites for hydroxylation is 2. The number of amides is 1. The van der Waals surface area contributed by atoms with E-state index in [1.807, 2.05) is 32.0 Å². The predicted octanol–water partition coefficient (Wildman–Crippen LogP) is 3.65. The zero-order valence-electron chi connectivity index (χ0n) is 13.3. The average Bonchev–Trinajstić information content (AvgIpc) is 2.97. The highest BCUT2D eigenvalue weighted by atomic mass is 16.5. The van der Waals surface area contributed by atoms with Gasteiger partial charge in [0, 0.05) is 18.7 Å². The van der Waals surface area contributed by atoms with Crippen LogP contribution in [-0.2, 0) is 4.79 Å². The Labute approximate surface area is 135 Å². The SMILES string of the molecule is Cc1cccc(C)c1OC(=O)c1ccc(N2CCCC2=O)cc1. The van der Waals surface area contributed by atoms with Crippen molar-refractivity contribution in [2.45, 2.75) is 26.7 Å². The number of esters is 1. The Kier molecular flexibility index (Phi) is 4.15. The molecule has 1 heterocycles. The Balaban J connectivity index is 1.77. The Bertz CT molecular complexity index is 729. The topological polar surface area (TPSA) is 46.6 Å². The number of benzene rings is 2. The maximum absolute atomic E-state index is 12.3. The summed E-state index contributed by atoms with van der Waals surface area (Å²) in [6, 6.07) is 12.8. The highest BCUT2D eigenvalue weighted by molar-refractivity contribution is 5.96. The molecule has 2 aromatic rings. The number of para-hydroxylation sites is 1. The Morgan fingerprint density at radius 2 is 1.70 bits per heavy atom. The molecule has 1 aliphatic heterocycles. The minimum Gasteiger partial charge on any atom is -0.422 e. The van der Waals surface area contributed by atoms with Crippen LogP contribution in [0, 0.1) is 13.8 Å². The van der Waals surface area contributed by atoms with Crippen LogP contribution in [0.15, 0.2) is 42.5 Å². The number of nitrogens with zero attached hydrogens (tertiary/aromatic N) is 1. The standard InChI is InChI=1S/C19H19NO3/c1-13-5-3-6-14(2)18(13)23-19(22)15-8-10-16(11-9-15)20-12-4-7-17(20)21/h3,5-6,8-11H,4,7,12H2,1-2H3. The first-order valence-corrected chi connectivity index (χ1v) is 7.75. The van der Waals surface area contributed by atoms with E-state index in [9.17, 15) is 9.59 Å². The van der Waals surface area contributed by atoms with E-state index >= 15 is 0 Å². The van der Waals surface area contributed by atoms with Gasteiger partial charge in [-0.3, -0.25) is 4.79 Å². The number of anilines is 1. The average molecular weight is 309 g/mol. The molecule has 0 atom stereocenters. The molecular formula is C19H19NO3. The van der Waals surface area contributed by atoms with Crippen molar-refractivity contribution in [1.29, 1.82) is 0 Å². The first-order chi connectivity index (χ1) is 11.1. The van der Waals surface area contributed by atoms with Crippen LogP contribution in [0.2, 0.25) is 0 Å². The first-order valence-electron chi connectivity index (χ1n) is 7.75. The first kappa shape index (κ1) is 15.3. The molecule has 4 heteroatoms. The molecule has 1 amide bonds. The van der Waals surface area contributed by atoms with Gasteiger partial charge in [0.2, 0.25) is 5.91 Å². The lowest BCUT2D eigenvalue weighted by Gasteiger charge is -2.16. The molecule has 0 N–H and O–H groups in total. The van der Waals surface area contributed by atoms with E-state index in [1.54, 1.807) is 29.2 Å². The van der Waals surface area contributed by atoms with Gasteiger partial charge in [0.1, 0.15) is 5.75 Å². The van der Waals surface area contributed by atoms with E-state index in [-0.39, 0.29) is 11.9 Å². The van der Waals surface area contributed by atoms with Crippen LogP contribution >= 0.6 is 0 Å². The summed E-state index contributed by atoms with van der Waals surface area (Å²) >= 11 is 0. The molecule has 0 aliphatic carbocycles. The van der Waals surface area contributed by atoms with Gasteiger partial charge in [-0.2, -0.15) is 0 Å². The lowest BCUT2D eigenvalue weighted by Crippen LogP contribution is -2.23. The molecule has 2 aromatic carbocycles. The fourth-order valence-electron chi connectivity index (χ4n) is 2.81. The maximum Gasteiger partial charge on any atom is 0.343 e. The maximum atomic E-state index is 12.3. The third kappa shape index (κ3) is 3.11. The molecule has 0 bridgehead atoms. The predicted molar refractivity (Wildman–Crippen MR) is 88.9 cm³/mol. The molecule has 118 valence electrons. The summed E-state index contributed by atoms with van der Waals surface area (Å²) in [4.78, 5) is 25.8. The lowest BCUT2D eigenvalue weighted by atomic mass is 10.1. The second-order valence-electron chi connectivity index (χ2n) is 5.81. The molecule has 0 aromatic heterocycles. The zero-order chi connectivity index (χ0) is 16.4. The molecule has 1 fully saturated rings. The number of rotatable bonds is 3. The highest BCUT2D eigenvalue weighted by Gasteiger charge is 2.22. The van der Waals surface area contributed by atoms with Gasteiger partial charge in [0.05, 0.1) is 5.56 Å². The Morgan fingerprint density at radius 3 is 2.26 bits per heavy atom. The summed E-state index contributed by atoms with van der Waals surface area (Å²) in [5.41, 5.74) is 3.16. The van der Waals surface area contributed by atoms with Crippen LogP contribution in [0.5, 0.6) is 5.75 Å². The van der Waals surface area contributed by atoms with Gasteiger partial charge in [-0.25, -0.2) is 4.79 Å². The molecule has 0 spiro atoms. The van der Waals surface area contributed by atoms with E-state index in [0.717, 1.165) is 29.8 Å². The van der Waals surface area contributed by atoms with Crippen molar-refractivity contribution in [2.24, 2.45) is 0 Å². The second kappa shape index (κ2) is 6.24. The molecule has 0 saturated carbocycles. The second-order valence-corrected chi connectivity index (χ2v) is 5.81. The van der Waals surface area contributed by atoms with Crippen LogP contribution in [0.3, 0.4) is 0 Å². The van der Waals surface area contributed by atoms with E-state index in [2.05, 4.69) is 0 Å². The highest BCUT2D eigenvalue weighted by Crippen LogP contribution is 2.25. The van der Waals surface area contributed by atoms with Gasteiger partial charge in [-0.15, -0.1) is 0 Å².